The minimum atomic E-state index is -1.27. The molecule has 0 saturated carbocycles. The minimum absolute atomic E-state index is 0.0881. The average molecular weight is 573 g/mol. The van der Waals surface area contributed by atoms with Crippen LogP contribution < -0.4 is 11.1 Å². The first-order valence-electron chi connectivity index (χ1n) is 12.7. The van der Waals surface area contributed by atoms with Crippen LogP contribution in [0.1, 0.15) is 42.6 Å². The van der Waals surface area contributed by atoms with Crippen molar-refractivity contribution in [3.8, 4) is 11.5 Å². The number of benzene rings is 1. The van der Waals surface area contributed by atoms with Gasteiger partial charge >= 0.3 is 5.97 Å². The van der Waals surface area contributed by atoms with Gasteiger partial charge in [0, 0.05) is 18.0 Å². The van der Waals surface area contributed by atoms with Gasteiger partial charge in [-0.05, 0) is 50.6 Å². The predicted octanol–water partition coefficient (Wildman–Crippen LogP) is 4.03. The zero-order valence-corrected chi connectivity index (χ0v) is 23.2. The van der Waals surface area contributed by atoms with Gasteiger partial charge in [-0.1, -0.05) is 12.1 Å². The third-order valence-corrected chi connectivity index (χ3v) is 8.36. The monoisotopic (exact) mass is 572 g/mol. The van der Waals surface area contributed by atoms with Crippen LogP contribution >= 0.6 is 11.3 Å². The molecule has 13 heteroatoms. The lowest BCUT2D eigenvalue weighted by atomic mass is 9.85. The summed E-state index contributed by atoms with van der Waals surface area (Å²) in [5.41, 5.74) is 6.84. The standard InChI is InChI=1S/C28H25FN8O3S/c1-27(2,26(39)40)11-16-13-41-25(32-16)28(3)18-20(30)33-22(34-21(18)35-24(28)38)19-17-8-5-9-31-23(17)37(36-19)12-14-6-4-7-15(29)10-14/h4-10,13H,11-12H2,1-3H3,(H,39,40)(H3,30,33,34,35,38)/t28-/m0/s1. The van der Waals surface area contributed by atoms with Crippen LogP contribution in [0.25, 0.3) is 22.6 Å². The minimum Gasteiger partial charge on any atom is -0.481 e. The van der Waals surface area contributed by atoms with Crippen LogP contribution in [0.4, 0.5) is 16.0 Å². The third-order valence-electron chi connectivity index (χ3n) is 7.24. The lowest BCUT2D eigenvalue weighted by Crippen LogP contribution is -2.33. The molecule has 6 rings (SSSR count). The molecule has 0 saturated heterocycles. The zero-order valence-electron chi connectivity index (χ0n) is 22.3. The number of pyridine rings is 1. The van der Waals surface area contributed by atoms with Crippen LogP contribution in [-0.4, -0.2) is 46.7 Å². The van der Waals surface area contributed by atoms with Crippen molar-refractivity contribution in [1.82, 2.24) is 29.7 Å². The van der Waals surface area contributed by atoms with Crippen LogP contribution in [0.3, 0.4) is 0 Å². The van der Waals surface area contributed by atoms with Crippen LogP contribution in [0.2, 0.25) is 0 Å². The number of hydrogen-bond donors (Lipinski definition) is 3. The lowest BCUT2D eigenvalue weighted by Gasteiger charge is -2.20. The molecule has 208 valence electrons. The van der Waals surface area contributed by atoms with Crippen LogP contribution in [0, 0.1) is 11.2 Å². The first-order valence-corrected chi connectivity index (χ1v) is 13.6. The highest BCUT2D eigenvalue weighted by Gasteiger charge is 2.50. The van der Waals surface area contributed by atoms with E-state index in [9.17, 15) is 19.1 Å². The lowest BCUT2D eigenvalue weighted by molar-refractivity contribution is -0.146. The van der Waals surface area contributed by atoms with E-state index in [1.165, 1.54) is 23.5 Å². The number of carboxylic acids is 1. The van der Waals surface area contributed by atoms with E-state index in [2.05, 4.69) is 25.3 Å². The molecule has 5 heterocycles. The predicted molar refractivity (Wildman–Crippen MR) is 151 cm³/mol. The van der Waals surface area contributed by atoms with E-state index in [0.29, 0.717) is 38.6 Å². The highest BCUT2D eigenvalue weighted by Crippen LogP contribution is 2.46. The molecule has 1 aliphatic heterocycles. The molecular weight excluding hydrogens is 547 g/mol. The van der Waals surface area contributed by atoms with Crippen LogP contribution in [-0.2, 0) is 28.0 Å². The van der Waals surface area contributed by atoms with E-state index in [4.69, 9.17) is 10.8 Å². The fourth-order valence-electron chi connectivity index (χ4n) is 4.96. The van der Waals surface area contributed by atoms with Gasteiger partial charge in [0.1, 0.15) is 33.6 Å². The Balaban J connectivity index is 1.40. The number of rotatable bonds is 7. The molecule has 5 aromatic rings. The molecule has 1 amide bonds. The van der Waals surface area contributed by atoms with Crippen LogP contribution in [0.15, 0.2) is 48.0 Å². The van der Waals surface area contributed by atoms with Crippen molar-refractivity contribution in [3.05, 3.63) is 75.6 Å². The van der Waals surface area contributed by atoms with Crippen molar-refractivity contribution < 1.29 is 19.1 Å². The summed E-state index contributed by atoms with van der Waals surface area (Å²) in [5, 5.41) is 19.9. The molecule has 0 unspecified atom stereocenters. The van der Waals surface area contributed by atoms with E-state index in [1.54, 1.807) is 55.2 Å². The Morgan fingerprint density at radius 3 is 2.78 bits per heavy atom. The Labute approximate surface area is 237 Å². The summed E-state index contributed by atoms with van der Waals surface area (Å²) in [6.45, 7) is 5.22. The maximum Gasteiger partial charge on any atom is 0.309 e. The number of hydrogen-bond acceptors (Lipinski definition) is 9. The van der Waals surface area contributed by atoms with Gasteiger partial charge in [-0.3, -0.25) is 9.59 Å². The molecule has 0 fully saturated rings. The van der Waals surface area contributed by atoms with Crippen molar-refractivity contribution in [2.24, 2.45) is 5.41 Å². The van der Waals surface area contributed by atoms with Gasteiger partial charge in [-0.15, -0.1) is 11.3 Å². The van der Waals surface area contributed by atoms with E-state index in [1.807, 2.05) is 6.07 Å². The number of nitrogens with zero attached hydrogens (tertiary/aromatic N) is 6. The smallest absolute Gasteiger partial charge is 0.309 e. The molecule has 1 aromatic carbocycles. The number of aromatic nitrogens is 6. The summed E-state index contributed by atoms with van der Waals surface area (Å²) in [6, 6.07) is 9.84. The highest BCUT2D eigenvalue weighted by atomic mass is 32.1. The summed E-state index contributed by atoms with van der Waals surface area (Å²) in [6.07, 6.45) is 1.84. The van der Waals surface area contributed by atoms with E-state index in [-0.39, 0.29) is 42.2 Å². The molecule has 41 heavy (non-hydrogen) atoms. The number of amides is 1. The number of carbonyl (C=O) groups is 2. The van der Waals surface area contributed by atoms with E-state index >= 15 is 0 Å². The summed E-state index contributed by atoms with van der Waals surface area (Å²) < 4.78 is 15.5. The first kappa shape index (κ1) is 26.4. The highest BCUT2D eigenvalue weighted by molar-refractivity contribution is 7.10. The third kappa shape index (κ3) is 4.38. The second kappa shape index (κ2) is 9.41. The summed E-state index contributed by atoms with van der Waals surface area (Å²) >= 11 is 1.26. The Hall–Kier alpha value is -4.78. The molecule has 0 aliphatic carbocycles. The molecule has 4 N–H and O–H groups in total. The maximum absolute atomic E-state index is 13.8. The van der Waals surface area contributed by atoms with Crippen molar-refractivity contribution in [2.45, 2.75) is 39.2 Å². The van der Waals surface area contributed by atoms with Crippen molar-refractivity contribution >= 4 is 45.9 Å². The molecule has 1 atom stereocenters. The zero-order chi connectivity index (χ0) is 29.1. The Kier molecular flexibility index (Phi) is 6.07. The number of nitrogens with one attached hydrogen (secondary N) is 1. The molecule has 0 bridgehead atoms. The molecule has 0 spiro atoms. The summed E-state index contributed by atoms with van der Waals surface area (Å²) in [4.78, 5) is 43.3. The quantitative estimate of drug-likeness (QED) is 0.261. The number of thiazole rings is 1. The van der Waals surface area contributed by atoms with Gasteiger partial charge in [-0.25, -0.2) is 29.0 Å². The van der Waals surface area contributed by atoms with Crippen molar-refractivity contribution in [3.63, 3.8) is 0 Å². The maximum atomic E-state index is 13.8. The number of nitrogen functional groups attached to an aromatic ring is 1. The first-order chi connectivity index (χ1) is 19.5. The number of nitrogens with two attached hydrogens (primary N) is 1. The Bertz CT molecular complexity index is 1870. The Morgan fingerprint density at radius 1 is 1.22 bits per heavy atom. The second-order valence-corrected chi connectivity index (χ2v) is 11.6. The van der Waals surface area contributed by atoms with Gasteiger partial charge in [0.05, 0.1) is 28.6 Å². The van der Waals surface area contributed by atoms with Crippen molar-refractivity contribution in [1.29, 1.82) is 0 Å². The fourth-order valence-corrected chi connectivity index (χ4v) is 5.94. The van der Waals surface area contributed by atoms with E-state index < -0.39 is 16.8 Å². The van der Waals surface area contributed by atoms with Gasteiger partial charge < -0.3 is 16.2 Å². The number of aliphatic carboxylic acids is 1. The summed E-state index contributed by atoms with van der Waals surface area (Å²) in [7, 11) is 0. The fraction of sp³-hybridized carbons (Fsp3) is 0.250. The largest absolute Gasteiger partial charge is 0.481 e. The number of anilines is 2. The molecule has 11 nitrogen and oxygen atoms in total. The number of halogens is 1. The van der Waals surface area contributed by atoms with Gasteiger partial charge in [0.2, 0.25) is 5.91 Å². The SMILES string of the molecule is CC(C)(Cc1csc([C@]2(C)C(=O)Nc3nc(-c4nn(Cc5cccc(F)c5)c5ncccc45)nc(N)c32)n1)C(=O)O. The second-order valence-electron chi connectivity index (χ2n) is 10.8. The normalized spacial score (nSPS) is 16.6. The number of carbonyl (C=O) groups excluding carboxylic acids is 1. The molecule has 0 radical (unpaired) electrons. The molecule has 1 aliphatic rings. The molecular formula is C28H25FN8O3S. The number of fused-ring (bicyclic) bond motifs is 2. The topological polar surface area (TPSA) is 162 Å². The van der Waals surface area contributed by atoms with Gasteiger partial charge in [0.25, 0.3) is 0 Å². The summed E-state index contributed by atoms with van der Waals surface area (Å²) in [5.74, 6) is -1.12. The van der Waals surface area contributed by atoms with Crippen LogP contribution in [0.5, 0.6) is 0 Å². The van der Waals surface area contributed by atoms with Gasteiger partial charge in [-0.2, -0.15) is 5.10 Å². The average Bonchev–Trinajstić information content (AvgIpc) is 3.59. The Morgan fingerprint density at radius 2 is 2.02 bits per heavy atom. The van der Waals surface area contributed by atoms with Gasteiger partial charge in [0.15, 0.2) is 11.5 Å². The molecule has 4 aromatic heterocycles. The number of carboxylic acid groups (broad SMARTS) is 1. The van der Waals surface area contributed by atoms with Crippen molar-refractivity contribution in [2.75, 3.05) is 11.1 Å². The van der Waals surface area contributed by atoms with E-state index in [0.717, 1.165) is 0 Å².